The van der Waals surface area contributed by atoms with Crippen molar-refractivity contribution in [3.63, 3.8) is 0 Å². The lowest BCUT2D eigenvalue weighted by molar-refractivity contribution is -0.161. The van der Waals surface area contributed by atoms with Crippen LogP contribution in [0, 0.1) is 11.8 Å². The van der Waals surface area contributed by atoms with Gasteiger partial charge in [0.1, 0.15) is 0 Å². The molecule has 2 aromatic carbocycles. The molecule has 2 amide bonds. The van der Waals surface area contributed by atoms with Gasteiger partial charge in [-0.15, -0.1) is 0 Å². The van der Waals surface area contributed by atoms with Crippen LogP contribution in [0.2, 0.25) is 0 Å². The maximum Gasteiger partial charge on any atom is 0.233 e. The Hall–Kier alpha value is -2.46. The van der Waals surface area contributed by atoms with Crippen molar-refractivity contribution >= 4 is 11.8 Å². The third-order valence-electron chi connectivity index (χ3n) is 5.19. The Morgan fingerprint density at radius 1 is 0.720 bits per heavy atom. The lowest BCUT2D eigenvalue weighted by atomic mass is 9.83. The van der Waals surface area contributed by atoms with Crippen LogP contribution < -0.4 is 0 Å². The third kappa shape index (κ3) is 3.35. The van der Waals surface area contributed by atoms with E-state index in [1.54, 1.807) is 0 Å². The van der Waals surface area contributed by atoms with E-state index < -0.39 is 0 Å². The Balaban J connectivity index is 1.48. The number of likely N-dealkylation sites (tertiary alicyclic amines) is 2. The lowest BCUT2D eigenvalue weighted by Gasteiger charge is -2.43. The van der Waals surface area contributed by atoms with Gasteiger partial charge in [-0.05, 0) is 17.5 Å². The van der Waals surface area contributed by atoms with Crippen molar-refractivity contribution in [1.29, 1.82) is 0 Å². The van der Waals surface area contributed by atoms with Gasteiger partial charge in [0.25, 0.3) is 0 Å². The minimum atomic E-state index is -0.0659. The highest BCUT2D eigenvalue weighted by Crippen LogP contribution is 2.32. The van der Waals surface area contributed by atoms with Crippen LogP contribution in [0.25, 0.3) is 0 Å². The van der Waals surface area contributed by atoms with Gasteiger partial charge in [-0.1, -0.05) is 60.7 Å². The molecule has 2 saturated heterocycles. The first-order chi connectivity index (χ1) is 12.2. The van der Waals surface area contributed by atoms with Crippen molar-refractivity contribution in [3.05, 3.63) is 71.8 Å². The van der Waals surface area contributed by atoms with E-state index in [9.17, 15) is 9.59 Å². The SMILES string of the molecule is O=C1C2CC(CN(Cc3ccccc3)C2)C(=O)N1Cc1ccccc1. The first kappa shape index (κ1) is 16.0. The fourth-order valence-corrected chi connectivity index (χ4v) is 3.99. The monoisotopic (exact) mass is 334 g/mol. The number of piperidine rings is 2. The molecule has 2 aliphatic heterocycles. The fraction of sp³-hybridized carbons (Fsp3) is 0.333. The van der Waals surface area contributed by atoms with Crippen LogP contribution in [0.4, 0.5) is 0 Å². The highest BCUT2D eigenvalue weighted by atomic mass is 16.2. The normalized spacial score (nSPS) is 23.8. The van der Waals surface area contributed by atoms with Crippen molar-refractivity contribution in [1.82, 2.24) is 9.80 Å². The molecule has 4 nitrogen and oxygen atoms in total. The van der Waals surface area contributed by atoms with Crippen molar-refractivity contribution in [3.8, 4) is 0 Å². The zero-order valence-corrected chi connectivity index (χ0v) is 14.2. The van der Waals surface area contributed by atoms with E-state index in [1.165, 1.54) is 10.5 Å². The molecule has 0 aliphatic carbocycles. The topological polar surface area (TPSA) is 40.6 Å². The summed E-state index contributed by atoms with van der Waals surface area (Å²) in [7, 11) is 0. The highest BCUT2D eigenvalue weighted by Gasteiger charge is 2.45. The second kappa shape index (κ2) is 6.81. The Bertz CT molecular complexity index is 736. The summed E-state index contributed by atoms with van der Waals surface area (Å²) in [6, 6.07) is 20.0. The molecule has 128 valence electrons. The maximum absolute atomic E-state index is 12.8. The zero-order chi connectivity index (χ0) is 17.2. The number of nitrogens with zero attached hydrogens (tertiary/aromatic N) is 2. The van der Waals surface area contributed by atoms with Gasteiger partial charge in [-0.25, -0.2) is 0 Å². The summed E-state index contributed by atoms with van der Waals surface area (Å²) in [6.07, 6.45) is 0.703. The molecular formula is C21H22N2O2. The molecule has 2 heterocycles. The minimum absolute atomic E-state index is 0.0112. The van der Waals surface area contributed by atoms with Gasteiger partial charge < -0.3 is 0 Å². The van der Waals surface area contributed by atoms with Crippen molar-refractivity contribution in [2.45, 2.75) is 19.5 Å². The van der Waals surface area contributed by atoms with Crippen molar-refractivity contribution in [2.75, 3.05) is 13.1 Å². The molecule has 2 atom stereocenters. The number of carbonyl (C=O) groups is 2. The van der Waals surface area contributed by atoms with E-state index >= 15 is 0 Å². The average Bonchev–Trinajstić information content (AvgIpc) is 2.65. The van der Waals surface area contributed by atoms with Gasteiger partial charge >= 0.3 is 0 Å². The smallest absolute Gasteiger partial charge is 0.233 e. The van der Waals surface area contributed by atoms with Crippen molar-refractivity contribution < 1.29 is 9.59 Å². The van der Waals surface area contributed by atoms with Crippen LogP contribution in [0.15, 0.2) is 60.7 Å². The Labute approximate surface area is 148 Å². The van der Waals surface area contributed by atoms with E-state index in [1.807, 2.05) is 48.5 Å². The zero-order valence-electron chi connectivity index (χ0n) is 14.2. The second-order valence-electron chi connectivity index (χ2n) is 7.06. The summed E-state index contributed by atoms with van der Waals surface area (Å²) in [6.45, 7) is 2.67. The number of imide groups is 1. The van der Waals surface area contributed by atoms with Crippen LogP contribution in [-0.2, 0) is 22.7 Å². The number of hydrogen-bond acceptors (Lipinski definition) is 3. The Morgan fingerprint density at radius 2 is 1.20 bits per heavy atom. The molecule has 2 aliphatic rings. The quantitative estimate of drug-likeness (QED) is 0.807. The Kier molecular flexibility index (Phi) is 4.36. The van der Waals surface area contributed by atoms with Crippen LogP contribution in [0.5, 0.6) is 0 Å². The molecule has 4 rings (SSSR count). The molecule has 2 fully saturated rings. The number of benzene rings is 2. The molecule has 2 aromatic rings. The highest BCUT2D eigenvalue weighted by molar-refractivity contribution is 6.00. The number of hydrogen-bond donors (Lipinski definition) is 0. The summed E-state index contributed by atoms with van der Waals surface area (Å²) in [4.78, 5) is 29.4. The number of rotatable bonds is 4. The molecular weight excluding hydrogens is 312 g/mol. The third-order valence-corrected chi connectivity index (χ3v) is 5.19. The summed E-state index contributed by atoms with van der Waals surface area (Å²) in [5, 5.41) is 0. The number of carbonyl (C=O) groups excluding carboxylic acids is 2. The molecule has 2 unspecified atom stereocenters. The molecule has 0 radical (unpaired) electrons. The van der Waals surface area contributed by atoms with Crippen molar-refractivity contribution in [2.24, 2.45) is 11.8 Å². The van der Waals surface area contributed by atoms with E-state index in [4.69, 9.17) is 0 Å². The first-order valence-electron chi connectivity index (χ1n) is 8.86. The van der Waals surface area contributed by atoms with E-state index in [-0.39, 0.29) is 23.7 Å². The first-order valence-corrected chi connectivity index (χ1v) is 8.86. The molecule has 25 heavy (non-hydrogen) atoms. The minimum Gasteiger partial charge on any atom is -0.298 e. The predicted octanol–water partition coefficient (Wildman–Crippen LogP) is 2.69. The lowest BCUT2D eigenvalue weighted by Crippen LogP contribution is -2.57. The van der Waals surface area contributed by atoms with Gasteiger partial charge in [0.05, 0.1) is 18.4 Å². The summed E-state index contributed by atoms with van der Waals surface area (Å²) < 4.78 is 0. The molecule has 0 spiro atoms. The Morgan fingerprint density at radius 3 is 1.72 bits per heavy atom. The molecule has 0 saturated carbocycles. The second-order valence-corrected chi connectivity index (χ2v) is 7.06. The molecule has 0 N–H and O–H groups in total. The summed E-state index contributed by atoms with van der Waals surface area (Å²) >= 11 is 0. The van der Waals surface area contributed by atoms with Gasteiger partial charge in [-0.2, -0.15) is 0 Å². The van der Waals surface area contributed by atoms with Crippen LogP contribution in [0.1, 0.15) is 17.5 Å². The number of fused-ring (bicyclic) bond motifs is 2. The summed E-state index contributed by atoms with van der Waals surface area (Å²) in [5.74, 6) is -0.154. The summed E-state index contributed by atoms with van der Waals surface area (Å²) in [5.41, 5.74) is 2.23. The molecule has 2 bridgehead atoms. The van der Waals surface area contributed by atoms with E-state index in [0.717, 1.165) is 25.2 Å². The van der Waals surface area contributed by atoms with E-state index in [2.05, 4.69) is 17.0 Å². The van der Waals surface area contributed by atoms with Crippen LogP contribution in [-0.4, -0.2) is 34.7 Å². The van der Waals surface area contributed by atoms with Gasteiger partial charge in [0.15, 0.2) is 0 Å². The molecule has 0 aromatic heterocycles. The predicted molar refractivity (Wildman–Crippen MR) is 95.3 cm³/mol. The fourth-order valence-electron chi connectivity index (χ4n) is 3.99. The van der Waals surface area contributed by atoms with Gasteiger partial charge in [-0.3, -0.25) is 19.4 Å². The van der Waals surface area contributed by atoms with Crippen LogP contribution >= 0.6 is 0 Å². The van der Waals surface area contributed by atoms with E-state index in [0.29, 0.717) is 13.0 Å². The largest absolute Gasteiger partial charge is 0.298 e. The van der Waals surface area contributed by atoms with Gasteiger partial charge in [0, 0.05) is 19.6 Å². The average molecular weight is 334 g/mol. The molecule has 4 heteroatoms. The van der Waals surface area contributed by atoms with Gasteiger partial charge in [0.2, 0.25) is 11.8 Å². The maximum atomic E-state index is 12.8. The standard InChI is InChI=1S/C21H22N2O2/c24-20-18-11-19(15-22(14-18)12-16-7-3-1-4-8-16)21(25)23(20)13-17-9-5-2-6-10-17/h1-10,18-19H,11-15H2. The number of amides is 2. The van der Waals surface area contributed by atoms with Crippen LogP contribution in [0.3, 0.4) is 0 Å².